The van der Waals surface area contributed by atoms with Gasteiger partial charge in [-0.2, -0.15) is 0 Å². The molecule has 0 saturated carbocycles. The zero-order valence-electron chi connectivity index (χ0n) is 9.67. The van der Waals surface area contributed by atoms with Gasteiger partial charge in [-0.25, -0.2) is 0 Å². The molecule has 0 aliphatic carbocycles. The number of halogens is 2. The third-order valence-electron chi connectivity index (χ3n) is 1.80. The fraction of sp³-hybridized carbons (Fsp3) is 1.00. The molecular formula is C10H22Cl2Si. The summed E-state index contributed by atoms with van der Waals surface area (Å²) < 4.78 is 0. The highest BCUT2D eigenvalue weighted by Crippen LogP contribution is 2.41. The minimum absolute atomic E-state index is 0.267. The predicted molar refractivity (Wildman–Crippen MR) is 66.0 cm³/mol. The summed E-state index contributed by atoms with van der Waals surface area (Å²) in [4.78, 5) is 0. The van der Waals surface area contributed by atoms with Crippen molar-refractivity contribution >= 4 is 28.9 Å². The largest absolute Gasteiger partial charge is 0.248 e. The monoisotopic (exact) mass is 240 g/mol. The van der Waals surface area contributed by atoms with Crippen molar-refractivity contribution in [1.82, 2.24) is 0 Å². The molecule has 0 unspecified atom stereocenters. The first-order valence-corrected chi connectivity index (χ1v) is 9.52. The van der Waals surface area contributed by atoms with Crippen LogP contribution in [0.1, 0.15) is 41.0 Å². The molecule has 0 fully saturated rings. The maximum Gasteiger partial charge on any atom is 0.248 e. The summed E-state index contributed by atoms with van der Waals surface area (Å²) in [6.45, 7) is 11.3. The average Bonchev–Trinajstić information content (AvgIpc) is 1.43. The molecule has 0 aliphatic rings. The normalized spacial score (nSPS) is 14.8. The second-order valence-electron chi connectivity index (χ2n) is 6.15. The summed E-state index contributed by atoms with van der Waals surface area (Å²) in [5.41, 5.74) is 0.625. The van der Waals surface area contributed by atoms with E-state index in [1.807, 2.05) is 6.55 Å². The van der Waals surface area contributed by atoms with E-state index in [0.29, 0.717) is 5.41 Å². The van der Waals surface area contributed by atoms with Gasteiger partial charge in [-0.3, -0.25) is 0 Å². The molecular weight excluding hydrogens is 219 g/mol. The molecule has 13 heavy (non-hydrogen) atoms. The summed E-state index contributed by atoms with van der Waals surface area (Å²) in [6.07, 6.45) is 1.17. The first-order chi connectivity index (χ1) is 5.41. The quantitative estimate of drug-likeness (QED) is 0.482. The van der Waals surface area contributed by atoms with E-state index in [4.69, 9.17) is 22.2 Å². The van der Waals surface area contributed by atoms with E-state index in [1.54, 1.807) is 0 Å². The molecule has 0 heterocycles. The first kappa shape index (κ1) is 13.8. The molecule has 0 bridgehead atoms. The highest BCUT2D eigenvalue weighted by atomic mass is 35.7. The van der Waals surface area contributed by atoms with Crippen LogP contribution < -0.4 is 0 Å². The molecule has 0 aliphatic heterocycles. The van der Waals surface area contributed by atoms with Crippen molar-refractivity contribution in [2.45, 2.75) is 53.6 Å². The number of rotatable bonds is 3. The zero-order chi connectivity index (χ0) is 10.9. The molecule has 0 aromatic rings. The topological polar surface area (TPSA) is 0 Å². The molecule has 0 rings (SSSR count). The standard InChI is InChI=1S/C10H22Cl2Si/c1-9(2,3)7-10(4,5)8-13(6,11)12/h7-8H2,1-6H3. The Kier molecular flexibility index (Phi) is 4.37. The van der Waals surface area contributed by atoms with Crippen molar-refractivity contribution in [3.63, 3.8) is 0 Å². The predicted octanol–water partition coefficient (Wildman–Crippen LogP) is 5.00. The van der Waals surface area contributed by atoms with Crippen LogP contribution in [-0.4, -0.2) is 6.69 Å². The minimum atomic E-state index is -1.95. The van der Waals surface area contributed by atoms with Crippen molar-refractivity contribution in [1.29, 1.82) is 0 Å². The van der Waals surface area contributed by atoms with Gasteiger partial charge in [-0.05, 0) is 29.8 Å². The lowest BCUT2D eigenvalue weighted by atomic mass is 9.77. The van der Waals surface area contributed by atoms with E-state index >= 15 is 0 Å². The van der Waals surface area contributed by atoms with Crippen LogP contribution in [-0.2, 0) is 0 Å². The summed E-state index contributed by atoms with van der Waals surface area (Å²) in [5.74, 6) is 0. The Labute approximate surface area is 93.4 Å². The van der Waals surface area contributed by atoms with E-state index in [9.17, 15) is 0 Å². The van der Waals surface area contributed by atoms with Crippen LogP contribution in [0.4, 0.5) is 0 Å². The molecule has 0 nitrogen and oxygen atoms in total. The van der Waals surface area contributed by atoms with Crippen molar-refractivity contribution in [2.75, 3.05) is 0 Å². The van der Waals surface area contributed by atoms with Gasteiger partial charge >= 0.3 is 0 Å². The second-order valence-corrected chi connectivity index (χ2v) is 14.2. The van der Waals surface area contributed by atoms with Crippen molar-refractivity contribution in [3.05, 3.63) is 0 Å². The maximum atomic E-state index is 6.15. The third kappa shape index (κ3) is 9.11. The molecule has 0 N–H and O–H groups in total. The van der Waals surface area contributed by atoms with E-state index in [1.165, 1.54) is 6.42 Å². The van der Waals surface area contributed by atoms with Gasteiger partial charge in [0, 0.05) is 0 Å². The number of hydrogen-bond donors (Lipinski definition) is 0. The molecule has 3 heteroatoms. The van der Waals surface area contributed by atoms with Gasteiger partial charge in [-0.1, -0.05) is 34.6 Å². The zero-order valence-corrected chi connectivity index (χ0v) is 12.2. The average molecular weight is 241 g/mol. The Morgan fingerprint density at radius 3 is 1.62 bits per heavy atom. The van der Waals surface area contributed by atoms with Crippen LogP contribution >= 0.6 is 22.2 Å². The SMILES string of the molecule is CC(C)(C)CC(C)(C)C[Si](C)(Cl)Cl. The van der Waals surface area contributed by atoms with Gasteiger partial charge in [-0.15, -0.1) is 22.2 Å². The van der Waals surface area contributed by atoms with E-state index in [-0.39, 0.29) is 5.41 Å². The Hall–Kier alpha value is 0.797. The first-order valence-electron chi connectivity index (χ1n) is 4.79. The summed E-state index contributed by atoms with van der Waals surface area (Å²) in [6, 6.07) is 0.973. The van der Waals surface area contributed by atoms with Crippen LogP contribution in [0, 0.1) is 10.8 Å². The van der Waals surface area contributed by atoms with Gasteiger partial charge in [0.05, 0.1) is 0 Å². The summed E-state index contributed by atoms with van der Waals surface area (Å²) in [5, 5.41) is 0. The minimum Gasteiger partial charge on any atom is -0.146 e. The molecule has 0 aromatic carbocycles. The lowest BCUT2D eigenvalue weighted by Gasteiger charge is -2.34. The van der Waals surface area contributed by atoms with Gasteiger partial charge in [0.2, 0.25) is 6.69 Å². The van der Waals surface area contributed by atoms with Crippen LogP contribution in [0.25, 0.3) is 0 Å². The maximum absolute atomic E-state index is 6.15. The molecule has 0 saturated heterocycles. The van der Waals surface area contributed by atoms with Gasteiger partial charge < -0.3 is 0 Å². The van der Waals surface area contributed by atoms with Gasteiger partial charge in [0.1, 0.15) is 0 Å². The Morgan fingerprint density at radius 1 is 1.00 bits per heavy atom. The molecule has 0 aromatic heterocycles. The number of hydrogen-bond acceptors (Lipinski definition) is 0. The van der Waals surface area contributed by atoms with Crippen LogP contribution in [0.5, 0.6) is 0 Å². The summed E-state index contributed by atoms with van der Waals surface area (Å²) in [7, 11) is 0. The van der Waals surface area contributed by atoms with E-state index < -0.39 is 6.69 Å². The van der Waals surface area contributed by atoms with Crippen molar-refractivity contribution in [2.24, 2.45) is 10.8 Å². The Bertz CT molecular complexity index is 145. The smallest absolute Gasteiger partial charge is 0.146 e. The van der Waals surface area contributed by atoms with Crippen LogP contribution in [0.3, 0.4) is 0 Å². The second kappa shape index (κ2) is 4.12. The van der Waals surface area contributed by atoms with Gasteiger partial charge in [0.15, 0.2) is 0 Å². The molecule has 0 radical (unpaired) electrons. The third-order valence-corrected chi connectivity index (χ3v) is 4.18. The lowest BCUT2D eigenvalue weighted by Crippen LogP contribution is -2.28. The van der Waals surface area contributed by atoms with Crippen molar-refractivity contribution in [3.8, 4) is 0 Å². The Morgan fingerprint density at radius 2 is 1.38 bits per heavy atom. The van der Waals surface area contributed by atoms with E-state index in [2.05, 4.69) is 34.6 Å². The highest BCUT2D eigenvalue weighted by molar-refractivity contribution is 7.44. The van der Waals surface area contributed by atoms with Crippen LogP contribution in [0.15, 0.2) is 0 Å². The van der Waals surface area contributed by atoms with Gasteiger partial charge in [0.25, 0.3) is 0 Å². The molecule has 0 atom stereocenters. The fourth-order valence-electron chi connectivity index (χ4n) is 2.34. The Balaban J connectivity index is 4.25. The summed E-state index contributed by atoms with van der Waals surface area (Å²) >= 11 is 12.3. The van der Waals surface area contributed by atoms with Crippen molar-refractivity contribution < 1.29 is 0 Å². The highest BCUT2D eigenvalue weighted by Gasteiger charge is 2.34. The van der Waals surface area contributed by atoms with Crippen LogP contribution in [0.2, 0.25) is 12.6 Å². The fourth-order valence-corrected chi connectivity index (χ4v) is 6.31. The van der Waals surface area contributed by atoms with E-state index in [0.717, 1.165) is 6.04 Å². The lowest BCUT2D eigenvalue weighted by molar-refractivity contribution is 0.232. The molecule has 80 valence electrons. The molecule has 0 amide bonds. The molecule has 0 spiro atoms.